The highest BCUT2D eigenvalue weighted by atomic mass is 127. The predicted octanol–water partition coefficient (Wildman–Crippen LogP) is 2.47. The topological polar surface area (TPSA) is 58.3 Å². The van der Waals surface area contributed by atoms with Crippen molar-refractivity contribution in [2.75, 3.05) is 20.1 Å². The minimum absolute atomic E-state index is 0. The van der Waals surface area contributed by atoms with Crippen LogP contribution in [0, 0.1) is 12.3 Å². The summed E-state index contributed by atoms with van der Waals surface area (Å²) in [6.07, 6.45) is 8.32. The smallest absolute Gasteiger partial charge is 0.194 e. The summed E-state index contributed by atoms with van der Waals surface area (Å²) in [4.78, 5) is 6.90. The molecule has 3 rings (SSSR count). The van der Waals surface area contributed by atoms with Crippen LogP contribution in [-0.2, 0) is 13.6 Å². The van der Waals surface area contributed by atoms with E-state index in [4.69, 9.17) is 0 Å². The summed E-state index contributed by atoms with van der Waals surface area (Å²) in [7, 11) is 3.87. The van der Waals surface area contributed by atoms with Crippen LogP contribution in [0.5, 0.6) is 0 Å². The zero-order valence-corrected chi connectivity index (χ0v) is 16.8. The summed E-state index contributed by atoms with van der Waals surface area (Å²) in [5.74, 6) is 2.89. The van der Waals surface area contributed by atoms with Crippen LogP contribution in [-0.4, -0.2) is 45.8 Å². The van der Waals surface area contributed by atoms with Gasteiger partial charge in [0.05, 0.1) is 6.54 Å². The lowest BCUT2D eigenvalue weighted by Gasteiger charge is -2.33. The summed E-state index contributed by atoms with van der Waals surface area (Å²) in [6.45, 7) is 4.92. The molecule has 0 aromatic carbocycles. The van der Waals surface area contributed by atoms with Gasteiger partial charge in [-0.2, -0.15) is 0 Å². The quantitative estimate of drug-likeness (QED) is 0.443. The van der Waals surface area contributed by atoms with Gasteiger partial charge >= 0.3 is 0 Å². The SMILES string of the molecule is CN=C(NCc1nnc(C)n1C)N1CCC2(CCCCC2)C1.I. The lowest BCUT2D eigenvalue weighted by molar-refractivity contribution is 0.203. The Morgan fingerprint density at radius 1 is 1.22 bits per heavy atom. The van der Waals surface area contributed by atoms with Crippen molar-refractivity contribution < 1.29 is 0 Å². The molecule has 1 aromatic heterocycles. The number of halogens is 1. The van der Waals surface area contributed by atoms with Crippen LogP contribution >= 0.6 is 24.0 Å². The fourth-order valence-electron chi connectivity index (χ4n) is 3.92. The summed E-state index contributed by atoms with van der Waals surface area (Å²) in [5, 5.41) is 11.8. The average Bonchev–Trinajstić information content (AvgIpc) is 3.07. The number of aliphatic imine (C=N–C) groups is 1. The van der Waals surface area contributed by atoms with Gasteiger partial charge in [0.1, 0.15) is 5.82 Å². The number of nitrogens with zero attached hydrogens (tertiary/aromatic N) is 5. The van der Waals surface area contributed by atoms with E-state index in [1.54, 1.807) is 0 Å². The molecule has 1 aromatic rings. The lowest BCUT2D eigenvalue weighted by Crippen LogP contribution is -2.41. The zero-order chi connectivity index (χ0) is 15.6. The van der Waals surface area contributed by atoms with E-state index in [2.05, 4.69) is 25.4 Å². The Morgan fingerprint density at radius 2 is 1.96 bits per heavy atom. The third-order valence-corrected chi connectivity index (χ3v) is 5.45. The fourth-order valence-corrected chi connectivity index (χ4v) is 3.92. The summed E-state index contributed by atoms with van der Waals surface area (Å²) in [6, 6.07) is 0. The Morgan fingerprint density at radius 3 is 2.57 bits per heavy atom. The number of aryl methyl sites for hydroxylation is 1. The highest BCUT2D eigenvalue weighted by molar-refractivity contribution is 14.0. The van der Waals surface area contributed by atoms with Gasteiger partial charge in [-0.15, -0.1) is 34.2 Å². The van der Waals surface area contributed by atoms with Crippen molar-refractivity contribution in [3.05, 3.63) is 11.6 Å². The first-order chi connectivity index (χ1) is 10.6. The van der Waals surface area contributed by atoms with Crippen molar-refractivity contribution in [1.29, 1.82) is 0 Å². The summed E-state index contributed by atoms with van der Waals surface area (Å²) in [5.41, 5.74) is 0.553. The van der Waals surface area contributed by atoms with Gasteiger partial charge in [-0.3, -0.25) is 4.99 Å². The molecule has 0 bridgehead atoms. The zero-order valence-electron chi connectivity index (χ0n) is 14.5. The highest BCUT2D eigenvalue weighted by Gasteiger charge is 2.39. The standard InChI is InChI=1S/C16H28N6.HI/c1-13-19-20-14(21(13)3)11-18-15(17-2)22-10-9-16(12-22)7-5-4-6-8-16;/h4-12H2,1-3H3,(H,17,18);1H. The van der Waals surface area contributed by atoms with E-state index in [0.717, 1.165) is 30.7 Å². The van der Waals surface area contributed by atoms with Gasteiger partial charge in [0.2, 0.25) is 0 Å². The highest BCUT2D eigenvalue weighted by Crippen LogP contribution is 2.43. The van der Waals surface area contributed by atoms with Gasteiger partial charge in [-0.1, -0.05) is 19.3 Å². The molecule has 6 nitrogen and oxygen atoms in total. The molecule has 1 aliphatic carbocycles. The van der Waals surface area contributed by atoms with Gasteiger partial charge in [-0.25, -0.2) is 0 Å². The van der Waals surface area contributed by atoms with Crippen molar-refractivity contribution in [3.63, 3.8) is 0 Å². The normalized spacial score (nSPS) is 20.7. The molecule has 0 unspecified atom stereocenters. The second-order valence-electron chi connectivity index (χ2n) is 6.86. The van der Waals surface area contributed by atoms with Gasteiger partial charge in [0, 0.05) is 27.2 Å². The van der Waals surface area contributed by atoms with Crippen LogP contribution in [0.4, 0.5) is 0 Å². The van der Waals surface area contributed by atoms with E-state index in [1.807, 2.05) is 25.6 Å². The lowest BCUT2D eigenvalue weighted by atomic mass is 9.73. The van der Waals surface area contributed by atoms with Crippen molar-refractivity contribution in [2.45, 2.75) is 52.0 Å². The molecule has 130 valence electrons. The Balaban J connectivity index is 0.00000192. The minimum atomic E-state index is 0. The first-order valence-electron chi connectivity index (χ1n) is 8.44. The molecule has 2 aliphatic rings. The number of likely N-dealkylation sites (tertiary alicyclic amines) is 1. The van der Waals surface area contributed by atoms with Crippen molar-refractivity contribution in [2.24, 2.45) is 17.5 Å². The van der Waals surface area contributed by atoms with E-state index in [9.17, 15) is 0 Å². The van der Waals surface area contributed by atoms with E-state index >= 15 is 0 Å². The van der Waals surface area contributed by atoms with Crippen LogP contribution in [0.15, 0.2) is 4.99 Å². The molecule has 1 N–H and O–H groups in total. The van der Waals surface area contributed by atoms with Crippen molar-refractivity contribution >= 4 is 29.9 Å². The van der Waals surface area contributed by atoms with E-state index < -0.39 is 0 Å². The fraction of sp³-hybridized carbons (Fsp3) is 0.812. The Bertz CT molecular complexity index is 547. The van der Waals surface area contributed by atoms with Crippen LogP contribution < -0.4 is 5.32 Å². The molecule has 0 amide bonds. The Hall–Kier alpha value is -0.860. The number of hydrogen-bond donors (Lipinski definition) is 1. The maximum absolute atomic E-state index is 4.47. The van der Waals surface area contributed by atoms with Crippen LogP contribution in [0.2, 0.25) is 0 Å². The van der Waals surface area contributed by atoms with Gasteiger partial charge < -0.3 is 14.8 Å². The third-order valence-electron chi connectivity index (χ3n) is 5.45. The molecule has 1 saturated heterocycles. The summed E-state index contributed by atoms with van der Waals surface area (Å²) >= 11 is 0. The maximum atomic E-state index is 4.47. The third kappa shape index (κ3) is 3.97. The molecule has 1 spiro atoms. The number of guanidine groups is 1. The number of aromatic nitrogens is 3. The molecule has 7 heteroatoms. The van der Waals surface area contributed by atoms with Crippen LogP contribution in [0.25, 0.3) is 0 Å². The molecular formula is C16H29IN6. The Labute approximate surface area is 156 Å². The van der Waals surface area contributed by atoms with Crippen molar-refractivity contribution in [3.8, 4) is 0 Å². The molecule has 0 atom stereocenters. The molecule has 1 saturated carbocycles. The predicted molar refractivity (Wildman–Crippen MR) is 103 cm³/mol. The first kappa shape index (κ1) is 18.5. The number of rotatable bonds is 2. The van der Waals surface area contributed by atoms with E-state index in [1.165, 1.54) is 38.5 Å². The molecular weight excluding hydrogens is 403 g/mol. The summed E-state index contributed by atoms with van der Waals surface area (Å²) < 4.78 is 2.02. The molecule has 0 radical (unpaired) electrons. The average molecular weight is 432 g/mol. The van der Waals surface area contributed by atoms with Crippen molar-refractivity contribution in [1.82, 2.24) is 25.0 Å². The monoisotopic (exact) mass is 432 g/mol. The van der Waals surface area contributed by atoms with E-state index in [-0.39, 0.29) is 24.0 Å². The second kappa shape index (κ2) is 7.81. The second-order valence-corrected chi connectivity index (χ2v) is 6.86. The van der Waals surface area contributed by atoms with Crippen LogP contribution in [0.3, 0.4) is 0 Å². The molecule has 2 heterocycles. The molecule has 1 aliphatic heterocycles. The molecule has 2 fully saturated rings. The molecule has 23 heavy (non-hydrogen) atoms. The van der Waals surface area contributed by atoms with Gasteiger partial charge in [0.25, 0.3) is 0 Å². The van der Waals surface area contributed by atoms with Gasteiger partial charge in [-0.05, 0) is 31.6 Å². The van der Waals surface area contributed by atoms with Gasteiger partial charge in [0.15, 0.2) is 11.8 Å². The largest absolute Gasteiger partial charge is 0.349 e. The minimum Gasteiger partial charge on any atom is -0.349 e. The maximum Gasteiger partial charge on any atom is 0.194 e. The Kier molecular flexibility index (Phi) is 6.27. The van der Waals surface area contributed by atoms with E-state index in [0.29, 0.717) is 12.0 Å². The number of nitrogens with one attached hydrogen (secondary N) is 1. The first-order valence-corrected chi connectivity index (χ1v) is 8.44. The van der Waals surface area contributed by atoms with Crippen LogP contribution in [0.1, 0.15) is 50.2 Å². The number of hydrogen-bond acceptors (Lipinski definition) is 3.